The third-order valence-electron chi connectivity index (χ3n) is 4.83. The van der Waals surface area contributed by atoms with Crippen LogP contribution in [0.3, 0.4) is 0 Å². The van der Waals surface area contributed by atoms with Crippen molar-refractivity contribution in [1.82, 2.24) is 0 Å². The summed E-state index contributed by atoms with van der Waals surface area (Å²) in [5.74, 6) is -0.454. The van der Waals surface area contributed by atoms with E-state index < -0.39 is 12.2 Å². The molecule has 0 saturated carbocycles. The molecule has 3 aromatic rings. The molecule has 5 N–H and O–H groups in total. The Morgan fingerprint density at radius 1 is 1.11 bits per heavy atom. The molecule has 2 amide bonds. The average Bonchev–Trinajstić information content (AvgIpc) is 2.82. The van der Waals surface area contributed by atoms with Crippen molar-refractivity contribution in [1.29, 1.82) is 0 Å². The fourth-order valence-electron chi connectivity index (χ4n) is 3.10. The second-order valence-corrected chi connectivity index (χ2v) is 9.94. The maximum atomic E-state index is 12.6. The number of rotatable bonds is 8. The van der Waals surface area contributed by atoms with Gasteiger partial charge in [0.15, 0.2) is 0 Å². The van der Waals surface area contributed by atoms with Gasteiger partial charge in [-0.2, -0.15) is 0 Å². The molecule has 0 bridgehead atoms. The number of nitrogens with one attached hydrogen (secondary N) is 2. The van der Waals surface area contributed by atoms with Crippen LogP contribution in [0.1, 0.15) is 18.1 Å². The third-order valence-corrected chi connectivity index (χ3v) is 6.63. The Morgan fingerprint density at radius 2 is 1.83 bits per heavy atom. The Morgan fingerprint density at radius 3 is 2.51 bits per heavy atom. The molecule has 0 unspecified atom stereocenters. The molecule has 0 spiro atoms. The molecular formula is C25H23Br2N3O4S. The predicted octanol–water partition coefficient (Wildman–Crippen LogP) is 7.10. The lowest BCUT2D eigenvalue weighted by Crippen LogP contribution is -2.18. The molecule has 3 rings (SSSR count). The van der Waals surface area contributed by atoms with Gasteiger partial charge in [-0.3, -0.25) is 10.1 Å². The lowest BCUT2D eigenvalue weighted by molar-refractivity contribution is -0.111. The quantitative estimate of drug-likeness (QED) is 0.121. The van der Waals surface area contributed by atoms with Gasteiger partial charge < -0.3 is 20.9 Å². The predicted molar refractivity (Wildman–Crippen MR) is 148 cm³/mol. The first-order valence-electron chi connectivity index (χ1n) is 10.4. The number of halogens is 2. The molecule has 7 nitrogen and oxygen atoms in total. The van der Waals surface area contributed by atoms with Gasteiger partial charge in [0.2, 0.25) is 5.91 Å². The summed E-state index contributed by atoms with van der Waals surface area (Å²) in [4.78, 5) is 26.0. The van der Waals surface area contributed by atoms with Gasteiger partial charge in [-0.05, 0) is 76.8 Å². The molecule has 0 aromatic heterocycles. The lowest BCUT2D eigenvalue weighted by Gasteiger charge is -2.19. The highest BCUT2D eigenvalue weighted by Crippen LogP contribution is 2.38. The topological polar surface area (TPSA) is 114 Å². The van der Waals surface area contributed by atoms with Crippen LogP contribution >= 0.6 is 43.6 Å². The summed E-state index contributed by atoms with van der Waals surface area (Å²) in [5, 5.41) is 16.0. The Labute approximate surface area is 224 Å². The summed E-state index contributed by atoms with van der Waals surface area (Å²) in [6.07, 6.45) is 3.41. The van der Waals surface area contributed by atoms with Gasteiger partial charge in [-0.1, -0.05) is 34.1 Å². The number of phenolic OH excluding ortho intramolecular Hbond substituents is 1. The number of ether oxygens (including phenoxy) is 1. The number of para-hydroxylation sites is 2. The van der Waals surface area contributed by atoms with Crippen LogP contribution in [-0.2, 0) is 9.53 Å². The Bertz CT molecular complexity index is 1240. The van der Waals surface area contributed by atoms with E-state index in [1.807, 2.05) is 18.4 Å². The van der Waals surface area contributed by atoms with Gasteiger partial charge >= 0.3 is 6.09 Å². The molecule has 10 heteroatoms. The maximum absolute atomic E-state index is 12.6. The number of amides is 2. The Balaban J connectivity index is 1.75. The minimum absolute atomic E-state index is 0.0646. The average molecular weight is 621 g/mol. The van der Waals surface area contributed by atoms with Crippen LogP contribution < -0.4 is 16.4 Å². The van der Waals surface area contributed by atoms with E-state index in [1.165, 1.54) is 6.08 Å². The Hall–Kier alpha value is -2.95. The van der Waals surface area contributed by atoms with Crippen LogP contribution in [0.2, 0.25) is 0 Å². The molecule has 0 aliphatic carbocycles. The standard InChI is InChI=1S/C25H23Br2N3O4S/c1-35-17-11-9-16(10-12-17)29-25(33)34-22(18-13-15(26)14-19(27)24(18)32)7-4-8-23(31)30-21-6-3-2-5-20(21)28/h2-6,8-14,22,32H,7,28H2,1H3,(H,29,33)(H,30,31)/b8-4+/t22-/m1/s1. The zero-order chi connectivity index (χ0) is 25.4. The molecule has 0 heterocycles. The van der Waals surface area contributed by atoms with E-state index >= 15 is 0 Å². The van der Waals surface area contributed by atoms with Crippen LogP contribution in [0.5, 0.6) is 5.75 Å². The van der Waals surface area contributed by atoms with Gasteiger partial charge in [0.05, 0.1) is 15.8 Å². The molecule has 0 aliphatic rings. The summed E-state index contributed by atoms with van der Waals surface area (Å²) in [5.41, 5.74) is 7.74. The van der Waals surface area contributed by atoms with Crippen molar-refractivity contribution < 1.29 is 19.4 Å². The van der Waals surface area contributed by atoms with Crippen molar-refractivity contribution >= 4 is 72.7 Å². The van der Waals surface area contributed by atoms with Gasteiger partial charge in [0.25, 0.3) is 0 Å². The van der Waals surface area contributed by atoms with Crippen molar-refractivity contribution in [3.63, 3.8) is 0 Å². The summed E-state index contributed by atoms with van der Waals surface area (Å²) in [6, 6.07) is 17.6. The monoisotopic (exact) mass is 619 g/mol. The number of aromatic hydroxyl groups is 1. The molecule has 35 heavy (non-hydrogen) atoms. The van der Waals surface area contributed by atoms with Crippen LogP contribution in [-0.4, -0.2) is 23.4 Å². The number of hydrogen-bond donors (Lipinski definition) is 4. The molecule has 1 atom stereocenters. The molecule has 182 valence electrons. The van der Waals surface area contributed by atoms with E-state index in [0.717, 1.165) is 4.90 Å². The minimum Gasteiger partial charge on any atom is -0.506 e. The Kier molecular flexibility index (Phi) is 9.64. The number of carbonyl (C=O) groups is 2. The van der Waals surface area contributed by atoms with Crippen LogP contribution in [0.25, 0.3) is 0 Å². The lowest BCUT2D eigenvalue weighted by atomic mass is 10.0. The SMILES string of the molecule is CSc1ccc(NC(=O)O[C@H](C/C=C/C(=O)Nc2ccccc2N)c2cc(Br)cc(Br)c2O)cc1. The second kappa shape index (κ2) is 12.7. The van der Waals surface area contributed by atoms with E-state index in [4.69, 9.17) is 10.5 Å². The van der Waals surface area contributed by atoms with Gasteiger partial charge in [-0.25, -0.2) is 4.79 Å². The van der Waals surface area contributed by atoms with Crippen molar-refractivity contribution in [3.8, 4) is 5.75 Å². The first-order valence-corrected chi connectivity index (χ1v) is 13.2. The highest BCUT2D eigenvalue weighted by Gasteiger charge is 2.22. The van der Waals surface area contributed by atoms with Gasteiger partial charge in [-0.15, -0.1) is 11.8 Å². The van der Waals surface area contributed by atoms with E-state index in [0.29, 0.717) is 31.6 Å². The van der Waals surface area contributed by atoms with Gasteiger partial charge in [0.1, 0.15) is 11.9 Å². The van der Waals surface area contributed by atoms with Crippen LogP contribution in [0, 0.1) is 0 Å². The molecular weight excluding hydrogens is 598 g/mol. The maximum Gasteiger partial charge on any atom is 0.412 e. The third kappa shape index (κ3) is 7.78. The van der Waals surface area contributed by atoms with Crippen LogP contribution in [0.4, 0.5) is 21.9 Å². The number of thioether (sulfide) groups is 1. The number of carbonyl (C=O) groups excluding carboxylic acids is 2. The highest BCUT2D eigenvalue weighted by molar-refractivity contribution is 9.11. The minimum atomic E-state index is -0.875. The zero-order valence-electron chi connectivity index (χ0n) is 18.6. The molecule has 0 saturated heterocycles. The summed E-state index contributed by atoms with van der Waals surface area (Å²) >= 11 is 8.29. The normalized spacial score (nSPS) is 11.7. The van der Waals surface area contributed by atoms with Gasteiger partial charge in [0, 0.05) is 27.0 Å². The molecule has 0 fully saturated rings. The van der Waals surface area contributed by atoms with Crippen molar-refractivity contribution in [2.45, 2.75) is 17.4 Å². The van der Waals surface area contributed by atoms with Crippen molar-refractivity contribution in [2.24, 2.45) is 0 Å². The number of nitrogen functional groups attached to an aromatic ring is 1. The fraction of sp³-hybridized carbons (Fsp3) is 0.120. The molecule has 0 radical (unpaired) electrons. The summed E-state index contributed by atoms with van der Waals surface area (Å²) in [7, 11) is 0. The van der Waals surface area contributed by atoms with E-state index in [9.17, 15) is 14.7 Å². The largest absolute Gasteiger partial charge is 0.506 e. The first kappa shape index (κ1) is 26.7. The smallest absolute Gasteiger partial charge is 0.412 e. The number of benzene rings is 3. The van der Waals surface area contributed by atoms with E-state index in [-0.39, 0.29) is 18.1 Å². The van der Waals surface area contributed by atoms with E-state index in [1.54, 1.807) is 66.4 Å². The highest BCUT2D eigenvalue weighted by atomic mass is 79.9. The number of phenols is 1. The number of anilines is 3. The van der Waals surface area contributed by atoms with Crippen LogP contribution in [0.15, 0.2) is 86.7 Å². The number of hydrogen-bond acceptors (Lipinski definition) is 6. The first-order chi connectivity index (χ1) is 16.8. The van der Waals surface area contributed by atoms with E-state index in [2.05, 4.69) is 42.5 Å². The zero-order valence-corrected chi connectivity index (χ0v) is 22.6. The fourth-order valence-corrected chi connectivity index (χ4v) is 4.77. The summed E-state index contributed by atoms with van der Waals surface area (Å²) in [6.45, 7) is 0. The van der Waals surface area contributed by atoms with Crippen molar-refractivity contribution in [3.05, 3.63) is 87.3 Å². The number of nitrogens with two attached hydrogens (primary N) is 1. The summed E-state index contributed by atoms with van der Waals surface area (Å²) < 4.78 is 6.76. The molecule has 3 aromatic carbocycles. The molecule has 0 aliphatic heterocycles. The second-order valence-electron chi connectivity index (χ2n) is 7.29. The van der Waals surface area contributed by atoms with Crippen molar-refractivity contribution in [2.75, 3.05) is 22.6 Å².